The van der Waals surface area contributed by atoms with Crippen LogP contribution >= 0.6 is 0 Å². The fraction of sp³-hybridized carbons (Fsp3) is 0.250. The molecule has 0 aliphatic rings. The highest BCUT2D eigenvalue weighted by atomic mass is 19.1. The maximum absolute atomic E-state index is 13.7. The van der Waals surface area contributed by atoms with E-state index in [2.05, 4.69) is 11.3 Å². The number of esters is 1. The minimum Gasteiger partial charge on any atom is -0.486 e. The van der Waals surface area contributed by atoms with Crippen LogP contribution < -0.4 is 4.74 Å². The molecule has 0 heterocycles. The largest absolute Gasteiger partial charge is 0.486 e. The van der Waals surface area contributed by atoms with Crippen LogP contribution in [0.3, 0.4) is 0 Å². The number of carbonyl (C=O) groups is 1. The predicted octanol–water partition coefficient (Wildman–Crippen LogP) is 2.57. The summed E-state index contributed by atoms with van der Waals surface area (Å²) in [4.78, 5) is 11.2. The minimum atomic E-state index is -0.724. The number of hydrogen-bond acceptors (Lipinski definition) is 3. The summed E-state index contributed by atoms with van der Waals surface area (Å²) in [5.74, 6) is -1.42. The highest BCUT2D eigenvalue weighted by molar-refractivity contribution is 5.90. The Morgan fingerprint density at radius 1 is 1.50 bits per heavy atom. The van der Waals surface area contributed by atoms with Gasteiger partial charge in [-0.3, -0.25) is 0 Å². The number of halogens is 1. The third-order valence-corrected chi connectivity index (χ3v) is 1.84. The van der Waals surface area contributed by atoms with Crippen LogP contribution in [0.1, 0.15) is 17.3 Å². The van der Waals surface area contributed by atoms with Crippen molar-refractivity contribution in [3.8, 4) is 5.75 Å². The van der Waals surface area contributed by atoms with E-state index in [9.17, 15) is 9.18 Å². The molecular weight excluding hydrogens is 211 g/mol. The van der Waals surface area contributed by atoms with Gasteiger partial charge in [-0.05, 0) is 24.6 Å². The normalized spacial score (nSPS) is 9.69. The van der Waals surface area contributed by atoms with Gasteiger partial charge in [-0.2, -0.15) is 0 Å². The number of hydrogen-bond donors (Lipinski definition) is 0. The monoisotopic (exact) mass is 224 g/mol. The van der Waals surface area contributed by atoms with Crippen molar-refractivity contribution in [3.63, 3.8) is 0 Å². The molecule has 0 saturated carbocycles. The first-order valence-electron chi connectivity index (χ1n) is 4.70. The van der Waals surface area contributed by atoms with Crippen molar-refractivity contribution in [3.05, 3.63) is 41.7 Å². The van der Waals surface area contributed by atoms with Gasteiger partial charge in [0.15, 0.2) is 11.6 Å². The quantitative estimate of drug-likeness (QED) is 0.582. The van der Waals surface area contributed by atoms with Crippen molar-refractivity contribution < 1.29 is 18.7 Å². The third-order valence-electron chi connectivity index (χ3n) is 1.84. The Labute approximate surface area is 93.5 Å². The fourth-order valence-corrected chi connectivity index (χ4v) is 1.09. The Morgan fingerprint density at radius 2 is 2.19 bits per heavy atom. The zero-order valence-corrected chi connectivity index (χ0v) is 9.25. The van der Waals surface area contributed by atoms with Crippen LogP contribution in [-0.2, 0) is 4.74 Å². The van der Waals surface area contributed by atoms with Crippen molar-refractivity contribution in [2.24, 2.45) is 0 Å². The lowest BCUT2D eigenvalue weighted by Gasteiger charge is -2.08. The predicted molar refractivity (Wildman–Crippen MR) is 58.0 cm³/mol. The van der Waals surface area contributed by atoms with E-state index in [1.54, 1.807) is 6.92 Å². The third kappa shape index (κ3) is 2.82. The second-order valence-corrected chi connectivity index (χ2v) is 3.36. The zero-order chi connectivity index (χ0) is 12.1. The smallest absolute Gasteiger partial charge is 0.340 e. The van der Waals surface area contributed by atoms with E-state index < -0.39 is 11.8 Å². The lowest BCUT2D eigenvalue weighted by molar-refractivity contribution is 0.0594. The molecule has 4 heteroatoms. The van der Waals surface area contributed by atoms with Crippen molar-refractivity contribution in [2.45, 2.75) is 6.92 Å². The molecule has 0 fully saturated rings. The molecule has 0 spiro atoms. The first kappa shape index (κ1) is 12.2. The second kappa shape index (κ2) is 5.30. The fourth-order valence-electron chi connectivity index (χ4n) is 1.09. The average Bonchev–Trinajstić information content (AvgIpc) is 2.26. The number of rotatable bonds is 4. The van der Waals surface area contributed by atoms with Gasteiger partial charge in [0.05, 0.1) is 12.7 Å². The van der Waals surface area contributed by atoms with E-state index >= 15 is 0 Å². The lowest BCUT2D eigenvalue weighted by atomic mass is 10.2. The van der Waals surface area contributed by atoms with Gasteiger partial charge in [-0.1, -0.05) is 12.6 Å². The Morgan fingerprint density at radius 3 is 2.75 bits per heavy atom. The van der Waals surface area contributed by atoms with Gasteiger partial charge in [0, 0.05) is 0 Å². The standard InChI is InChI=1S/C12H13FO3/c1-8(2)7-16-10-6-4-5-9(11(10)13)12(14)15-3/h4-6H,1,7H2,2-3H3. The molecule has 16 heavy (non-hydrogen) atoms. The molecule has 0 saturated heterocycles. The summed E-state index contributed by atoms with van der Waals surface area (Å²) in [6, 6.07) is 4.32. The number of benzene rings is 1. The van der Waals surface area contributed by atoms with E-state index in [4.69, 9.17) is 4.74 Å². The van der Waals surface area contributed by atoms with E-state index in [0.717, 1.165) is 5.57 Å². The Balaban J connectivity index is 2.94. The van der Waals surface area contributed by atoms with Crippen molar-refractivity contribution in [2.75, 3.05) is 13.7 Å². The van der Waals surface area contributed by atoms with Crippen LogP contribution in [0, 0.1) is 5.82 Å². The highest BCUT2D eigenvalue weighted by Crippen LogP contribution is 2.21. The topological polar surface area (TPSA) is 35.5 Å². The first-order chi connectivity index (χ1) is 7.56. The summed E-state index contributed by atoms with van der Waals surface area (Å²) in [6.45, 7) is 5.61. The molecule has 0 aliphatic heterocycles. The molecule has 0 aliphatic carbocycles. The van der Waals surface area contributed by atoms with Crippen LogP contribution in [0.25, 0.3) is 0 Å². The molecular formula is C12H13FO3. The van der Waals surface area contributed by atoms with Gasteiger partial charge in [-0.25, -0.2) is 9.18 Å². The van der Waals surface area contributed by atoms with Gasteiger partial charge in [-0.15, -0.1) is 0 Å². The maximum atomic E-state index is 13.7. The molecule has 0 atom stereocenters. The van der Waals surface area contributed by atoms with Gasteiger partial charge < -0.3 is 9.47 Å². The van der Waals surface area contributed by atoms with Crippen molar-refractivity contribution in [1.29, 1.82) is 0 Å². The summed E-state index contributed by atoms with van der Waals surface area (Å²) < 4.78 is 23.3. The van der Waals surface area contributed by atoms with Gasteiger partial charge >= 0.3 is 5.97 Å². The van der Waals surface area contributed by atoms with Crippen LogP contribution in [-0.4, -0.2) is 19.7 Å². The summed E-state index contributed by atoms with van der Waals surface area (Å²) in [6.07, 6.45) is 0. The lowest BCUT2D eigenvalue weighted by Crippen LogP contribution is -2.07. The molecule has 0 N–H and O–H groups in total. The summed E-state index contributed by atoms with van der Waals surface area (Å²) in [7, 11) is 1.20. The molecule has 0 amide bonds. The molecule has 0 aromatic heterocycles. The van der Waals surface area contributed by atoms with E-state index in [0.29, 0.717) is 0 Å². The molecule has 3 nitrogen and oxygen atoms in total. The van der Waals surface area contributed by atoms with E-state index in [-0.39, 0.29) is 17.9 Å². The van der Waals surface area contributed by atoms with Crippen LogP contribution in [0.4, 0.5) is 4.39 Å². The van der Waals surface area contributed by atoms with Crippen molar-refractivity contribution in [1.82, 2.24) is 0 Å². The molecule has 0 radical (unpaired) electrons. The Hall–Kier alpha value is -1.84. The summed E-state index contributed by atoms with van der Waals surface area (Å²) >= 11 is 0. The molecule has 1 aromatic carbocycles. The summed E-state index contributed by atoms with van der Waals surface area (Å²) in [5, 5.41) is 0. The molecule has 86 valence electrons. The van der Waals surface area contributed by atoms with Crippen LogP contribution in [0.15, 0.2) is 30.4 Å². The Bertz CT molecular complexity index is 413. The number of ether oxygens (including phenoxy) is 2. The molecule has 0 unspecified atom stereocenters. The maximum Gasteiger partial charge on any atom is 0.340 e. The molecule has 1 rings (SSSR count). The molecule has 0 bridgehead atoms. The zero-order valence-electron chi connectivity index (χ0n) is 9.25. The molecule has 1 aromatic rings. The SMILES string of the molecule is C=C(C)COc1cccc(C(=O)OC)c1F. The second-order valence-electron chi connectivity index (χ2n) is 3.36. The van der Waals surface area contributed by atoms with Crippen molar-refractivity contribution >= 4 is 5.97 Å². The Kier molecular flexibility index (Phi) is 4.05. The van der Waals surface area contributed by atoms with Crippen LogP contribution in [0.5, 0.6) is 5.75 Å². The minimum absolute atomic E-state index is 0.0194. The van der Waals surface area contributed by atoms with E-state index in [1.165, 1.54) is 25.3 Å². The van der Waals surface area contributed by atoms with Crippen LogP contribution in [0.2, 0.25) is 0 Å². The van der Waals surface area contributed by atoms with Gasteiger partial charge in [0.2, 0.25) is 0 Å². The number of carbonyl (C=O) groups excluding carboxylic acids is 1. The van der Waals surface area contributed by atoms with Gasteiger partial charge in [0.25, 0.3) is 0 Å². The number of methoxy groups -OCH3 is 1. The average molecular weight is 224 g/mol. The first-order valence-corrected chi connectivity index (χ1v) is 4.70. The van der Waals surface area contributed by atoms with E-state index in [1.807, 2.05) is 0 Å². The summed E-state index contributed by atoms with van der Waals surface area (Å²) in [5.41, 5.74) is 0.629. The highest BCUT2D eigenvalue weighted by Gasteiger charge is 2.15. The van der Waals surface area contributed by atoms with Gasteiger partial charge in [0.1, 0.15) is 6.61 Å².